The first-order valence-corrected chi connectivity index (χ1v) is 7.75. The van der Waals surface area contributed by atoms with Crippen LogP contribution in [0.4, 0.5) is 4.79 Å². The Bertz CT molecular complexity index is 487. The van der Waals surface area contributed by atoms with Crippen LogP contribution in [0.3, 0.4) is 0 Å². The van der Waals surface area contributed by atoms with Gasteiger partial charge in [-0.3, -0.25) is 0 Å². The van der Waals surface area contributed by atoms with Gasteiger partial charge in [-0.25, -0.2) is 14.8 Å². The second-order valence-corrected chi connectivity index (χ2v) is 6.91. The van der Waals surface area contributed by atoms with Crippen LogP contribution in [0.25, 0.3) is 0 Å². The number of halogens is 1. The Morgan fingerprint density at radius 2 is 2.05 bits per heavy atom. The molecule has 0 unspecified atom stereocenters. The lowest BCUT2D eigenvalue weighted by Gasteiger charge is -2.33. The molecule has 2 rings (SSSR count). The third-order valence-electron chi connectivity index (χ3n) is 2.90. The minimum absolute atomic E-state index is 0.104. The lowest BCUT2D eigenvalue weighted by atomic mass is 10.1. The van der Waals surface area contributed by atoms with Crippen LogP contribution in [-0.2, 0) is 4.74 Å². The van der Waals surface area contributed by atoms with Gasteiger partial charge in [-0.15, -0.1) is 0 Å². The molecule has 1 aliphatic rings. The molecule has 116 valence electrons. The Balaban J connectivity index is 1.91. The summed E-state index contributed by atoms with van der Waals surface area (Å²) in [5.74, 6) is 0. The zero-order valence-corrected chi connectivity index (χ0v) is 14.1. The first kappa shape index (κ1) is 16.0. The van der Waals surface area contributed by atoms with Gasteiger partial charge in [0.2, 0.25) is 0 Å². The molecule has 0 N–H and O–H groups in total. The number of likely N-dealkylation sites (tertiary alicyclic amines) is 1. The van der Waals surface area contributed by atoms with Gasteiger partial charge >= 0.3 is 12.1 Å². The SMILES string of the molecule is CC(C)(C)OC(=O)N1CCC[C@H](Oc2ncc(Br)cn2)C1. The zero-order valence-electron chi connectivity index (χ0n) is 12.5. The zero-order chi connectivity index (χ0) is 15.5. The fourth-order valence-corrected chi connectivity index (χ4v) is 2.24. The number of aromatic nitrogens is 2. The van der Waals surface area contributed by atoms with E-state index in [-0.39, 0.29) is 12.2 Å². The van der Waals surface area contributed by atoms with Gasteiger partial charge in [0, 0.05) is 18.9 Å². The maximum Gasteiger partial charge on any atom is 0.410 e. The Kier molecular flexibility index (Phi) is 5.03. The topological polar surface area (TPSA) is 64.5 Å². The third kappa shape index (κ3) is 5.15. The van der Waals surface area contributed by atoms with E-state index in [1.807, 2.05) is 20.8 Å². The molecule has 1 saturated heterocycles. The van der Waals surface area contributed by atoms with Gasteiger partial charge in [0.05, 0.1) is 11.0 Å². The van der Waals surface area contributed by atoms with Gasteiger partial charge in [0.15, 0.2) is 0 Å². The maximum absolute atomic E-state index is 12.1. The summed E-state index contributed by atoms with van der Waals surface area (Å²) in [7, 11) is 0. The van der Waals surface area contributed by atoms with Gasteiger partial charge in [-0.2, -0.15) is 0 Å². The fraction of sp³-hybridized carbons (Fsp3) is 0.643. The standard InChI is InChI=1S/C14H20BrN3O3/c1-14(2,3)21-13(19)18-6-4-5-11(9-18)20-12-16-7-10(15)8-17-12/h7-8,11H,4-6,9H2,1-3H3/t11-/m0/s1. The molecule has 21 heavy (non-hydrogen) atoms. The molecular formula is C14H20BrN3O3. The Hall–Kier alpha value is -1.37. The number of amides is 1. The van der Waals surface area contributed by atoms with E-state index in [4.69, 9.17) is 9.47 Å². The minimum Gasteiger partial charge on any atom is -0.458 e. The van der Waals surface area contributed by atoms with Crippen molar-refractivity contribution in [1.82, 2.24) is 14.9 Å². The first-order valence-electron chi connectivity index (χ1n) is 6.95. The van der Waals surface area contributed by atoms with E-state index in [2.05, 4.69) is 25.9 Å². The first-order chi connectivity index (χ1) is 9.83. The van der Waals surface area contributed by atoms with Crippen molar-refractivity contribution in [2.45, 2.75) is 45.3 Å². The molecule has 0 saturated carbocycles. The molecule has 1 amide bonds. The number of ether oxygens (including phenoxy) is 2. The minimum atomic E-state index is -0.486. The average Bonchev–Trinajstić information content (AvgIpc) is 2.40. The summed E-state index contributed by atoms with van der Waals surface area (Å²) < 4.78 is 11.9. The van der Waals surface area contributed by atoms with Gasteiger partial charge < -0.3 is 14.4 Å². The summed E-state index contributed by atoms with van der Waals surface area (Å²) in [4.78, 5) is 21.9. The lowest BCUT2D eigenvalue weighted by molar-refractivity contribution is 0.00660. The van der Waals surface area contributed by atoms with Crippen molar-refractivity contribution in [3.05, 3.63) is 16.9 Å². The second kappa shape index (κ2) is 6.60. The van der Waals surface area contributed by atoms with Crippen LogP contribution < -0.4 is 4.74 Å². The van der Waals surface area contributed by atoms with Gasteiger partial charge in [-0.05, 0) is 49.5 Å². The number of hydrogen-bond acceptors (Lipinski definition) is 5. The lowest BCUT2D eigenvalue weighted by Crippen LogP contribution is -2.46. The molecule has 0 aromatic carbocycles. The summed E-state index contributed by atoms with van der Waals surface area (Å²) >= 11 is 3.28. The Labute approximate surface area is 133 Å². The van der Waals surface area contributed by atoms with E-state index < -0.39 is 5.60 Å². The van der Waals surface area contributed by atoms with E-state index in [1.165, 1.54) is 0 Å². The summed E-state index contributed by atoms with van der Waals surface area (Å²) in [5.41, 5.74) is -0.486. The normalized spacial score (nSPS) is 19.2. The second-order valence-electron chi connectivity index (χ2n) is 5.99. The molecule has 0 radical (unpaired) electrons. The highest BCUT2D eigenvalue weighted by Gasteiger charge is 2.28. The van der Waals surface area contributed by atoms with Crippen LogP contribution in [0.15, 0.2) is 16.9 Å². The summed E-state index contributed by atoms with van der Waals surface area (Å²) in [6, 6.07) is 0.328. The highest BCUT2D eigenvalue weighted by atomic mass is 79.9. The van der Waals surface area contributed by atoms with Crippen LogP contribution in [0.2, 0.25) is 0 Å². The molecule has 7 heteroatoms. The third-order valence-corrected chi connectivity index (χ3v) is 3.31. The van der Waals surface area contributed by atoms with Gasteiger partial charge in [0.25, 0.3) is 0 Å². The van der Waals surface area contributed by atoms with E-state index >= 15 is 0 Å². The molecule has 1 atom stereocenters. The monoisotopic (exact) mass is 357 g/mol. The van der Waals surface area contributed by atoms with Gasteiger partial charge in [0.1, 0.15) is 11.7 Å². The van der Waals surface area contributed by atoms with Crippen molar-refractivity contribution in [1.29, 1.82) is 0 Å². The van der Waals surface area contributed by atoms with E-state index in [0.29, 0.717) is 19.1 Å². The van der Waals surface area contributed by atoms with Crippen LogP contribution in [0.5, 0.6) is 6.01 Å². The van der Waals surface area contributed by atoms with Crippen LogP contribution in [0.1, 0.15) is 33.6 Å². The molecule has 1 fully saturated rings. The van der Waals surface area contributed by atoms with Crippen LogP contribution in [-0.4, -0.2) is 45.8 Å². The molecule has 0 spiro atoms. The molecular weight excluding hydrogens is 338 g/mol. The van der Waals surface area contributed by atoms with Crippen molar-refractivity contribution in [3.63, 3.8) is 0 Å². The number of piperidine rings is 1. The molecule has 0 aliphatic carbocycles. The fourth-order valence-electron chi connectivity index (χ4n) is 2.04. The molecule has 1 aliphatic heterocycles. The molecule has 6 nitrogen and oxygen atoms in total. The van der Waals surface area contributed by atoms with E-state index in [1.54, 1.807) is 17.3 Å². The quantitative estimate of drug-likeness (QED) is 0.813. The number of rotatable bonds is 2. The van der Waals surface area contributed by atoms with Crippen molar-refractivity contribution >= 4 is 22.0 Å². The summed E-state index contributed by atoms with van der Waals surface area (Å²) in [5, 5.41) is 0. The number of nitrogens with zero attached hydrogens (tertiary/aromatic N) is 3. The summed E-state index contributed by atoms with van der Waals surface area (Å²) in [6.45, 7) is 6.76. The number of carbonyl (C=O) groups excluding carboxylic acids is 1. The smallest absolute Gasteiger partial charge is 0.410 e. The van der Waals surface area contributed by atoms with Crippen LogP contribution in [0, 0.1) is 0 Å². The molecule has 0 bridgehead atoms. The highest BCUT2D eigenvalue weighted by molar-refractivity contribution is 9.10. The average molecular weight is 358 g/mol. The van der Waals surface area contributed by atoms with Crippen molar-refractivity contribution in [2.24, 2.45) is 0 Å². The maximum atomic E-state index is 12.1. The summed E-state index contributed by atoms with van der Waals surface area (Å²) in [6.07, 6.45) is 4.62. The van der Waals surface area contributed by atoms with Crippen molar-refractivity contribution in [3.8, 4) is 6.01 Å². The molecule has 2 heterocycles. The predicted octanol–water partition coefficient (Wildman–Crippen LogP) is 3.02. The van der Waals surface area contributed by atoms with Crippen LogP contribution >= 0.6 is 15.9 Å². The Morgan fingerprint density at radius 1 is 1.38 bits per heavy atom. The molecule has 1 aromatic rings. The van der Waals surface area contributed by atoms with Crippen molar-refractivity contribution in [2.75, 3.05) is 13.1 Å². The number of carbonyl (C=O) groups is 1. The number of hydrogen-bond donors (Lipinski definition) is 0. The van der Waals surface area contributed by atoms with E-state index in [0.717, 1.165) is 17.3 Å². The molecule has 1 aromatic heterocycles. The van der Waals surface area contributed by atoms with E-state index in [9.17, 15) is 4.79 Å². The Morgan fingerprint density at radius 3 is 2.67 bits per heavy atom. The highest BCUT2D eigenvalue weighted by Crippen LogP contribution is 2.18. The van der Waals surface area contributed by atoms with Crippen molar-refractivity contribution < 1.29 is 14.3 Å². The predicted molar refractivity (Wildman–Crippen MR) is 81.2 cm³/mol. The van der Waals surface area contributed by atoms with Gasteiger partial charge in [-0.1, -0.05) is 0 Å². The largest absolute Gasteiger partial charge is 0.458 e.